The van der Waals surface area contributed by atoms with Gasteiger partial charge in [0.05, 0.1) is 0 Å². The van der Waals surface area contributed by atoms with Crippen molar-refractivity contribution in [3.63, 3.8) is 0 Å². The normalized spacial score (nSPS) is 11.0. The first-order chi connectivity index (χ1) is 4.95. The molecule has 0 amide bonds. The molecule has 0 heterocycles. The summed E-state index contributed by atoms with van der Waals surface area (Å²) in [7, 11) is 0. The second-order valence-electron chi connectivity index (χ2n) is 2.20. The van der Waals surface area contributed by atoms with Gasteiger partial charge < -0.3 is 0 Å². The number of halogens is 2. The third-order valence-electron chi connectivity index (χ3n) is 1.09. The summed E-state index contributed by atoms with van der Waals surface area (Å²) >= 11 is 5.34. The van der Waals surface area contributed by atoms with E-state index in [1.165, 1.54) is 0 Å². The molecule has 2 heteroatoms. The molecule has 0 spiro atoms. The van der Waals surface area contributed by atoms with Crippen LogP contribution in [0, 0.1) is 0 Å². The monoisotopic (exact) mass is 172 g/mol. The third-order valence-corrected chi connectivity index (χ3v) is 1.20. The molecule has 0 rings (SSSR count). The van der Waals surface area contributed by atoms with E-state index in [9.17, 15) is 4.39 Å². The highest BCUT2D eigenvalue weighted by Gasteiger charge is 2.01. The van der Waals surface area contributed by atoms with Gasteiger partial charge in [-0.25, -0.2) is 4.39 Å². The quantitative estimate of drug-likeness (QED) is 0.570. The first-order valence-corrected chi connectivity index (χ1v) is 3.39. The Kier molecular flexibility index (Phi) is 3.83. The van der Waals surface area contributed by atoms with E-state index in [1.807, 2.05) is 0 Å². The van der Waals surface area contributed by atoms with Crippen molar-refractivity contribution in [2.24, 2.45) is 0 Å². The van der Waals surface area contributed by atoms with Gasteiger partial charge in [0, 0.05) is 10.6 Å². The van der Waals surface area contributed by atoms with Crippen molar-refractivity contribution in [3.05, 3.63) is 47.8 Å². The van der Waals surface area contributed by atoms with Crippen molar-refractivity contribution in [3.8, 4) is 0 Å². The molecule has 0 unspecified atom stereocenters. The molecule has 0 atom stereocenters. The zero-order valence-corrected chi connectivity index (χ0v) is 7.21. The minimum atomic E-state index is -0.488. The molecule has 60 valence electrons. The lowest BCUT2D eigenvalue weighted by Crippen LogP contribution is -1.82. The molecule has 0 saturated heterocycles. The van der Waals surface area contributed by atoms with Gasteiger partial charge in [-0.05, 0) is 18.6 Å². The molecule has 0 aromatic heterocycles. The van der Waals surface area contributed by atoms with Crippen molar-refractivity contribution < 1.29 is 4.39 Å². The van der Waals surface area contributed by atoms with E-state index >= 15 is 0 Å². The van der Waals surface area contributed by atoms with Crippen LogP contribution in [0.1, 0.15) is 6.92 Å². The van der Waals surface area contributed by atoms with Gasteiger partial charge in [-0.15, -0.1) is 0 Å². The lowest BCUT2D eigenvalue weighted by Gasteiger charge is -1.99. The maximum Gasteiger partial charge on any atom is 0.131 e. The van der Waals surface area contributed by atoms with Crippen LogP contribution < -0.4 is 0 Å². The Hall–Kier alpha value is -0.820. The average Bonchev–Trinajstić information content (AvgIpc) is 1.84. The van der Waals surface area contributed by atoms with E-state index in [1.54, 1.807) is 6.92 Å². The number of hydrogen-bond acceptors (Lipinski definition) is 0. The summed E-state index contributed by atoms with van der Waals surface area (Å²) in [6.45, 7) is 12.0. The van der Waals surface area contributed by atoms with Crippen molar-refractivity contribution >= 4 is 11.6 Å². The summed E-state index contributed by atoms with van der Waals surface area (Å²) in [5, 5.41) is 0.143. The van der Waals surface area contributed by atoms with Gasteiger partial charge >= 0.3 is 0 Å². The molecule has 0 fully saturated rings. The Morgan fingerprint density at radius 1 is 1.36 bits per heavy atom. The fraction of sp³-hybridized carbons (Fsp3) is 0.111. The number of rotatable bonds is 3. The minimum Gasteiger partial charge on any atom is -0.206 e. The zero-order valence-electron chi connectivity index (χ0n) is 6.45. The average molecular weight is 173 g/mol. The number of allylic oxidation sites excluding steroid dienone is 5. The van der Waals surface area contributed by atoms with Gasteiger partial charge in [0.2, 0.25) is 0 Å². The first-order valence-electron chi connectivity index (χ1n) is 3.02. The van der Waals surface area contributed by atoms with E-state index in [0.717, 1.165) is 6.08 Å². The SMILES string of the molecule is C=C(Cl)/C=C(/F)C(=C)C(=C)C. The van der Waals surface area contributed by atoms with Gasteiger partial charge in [-0.1, -0.05) is 31.3 Å². The Morgan fingerprint density at radius 2 is 1.82 bits per heavy atom. The molecule has 0 aliphatic heterocycles. The van der Waals surface area contributed by atoms with E-state index in [-0.39, 0.29) is 10.6 Å². The zero-order chi connectivity index (χ0) is 9.02. The molecular formula is C9H10ClF. The highest BCUT2D eigenvalue weighted by atomic mass is 35.5. The molecule has 0 aromatic rings. The lowest BCUT2D eigenvalue weighted by molar-refractivity contribution is 0.655. The third kappa shape index (κ3) is 3.79. The maximum atomic E-state index is 12.9. The summed E-state index contributed by atoms with van der Waals surface area (Å²) in [4.78, 5) is 0. The lowest BCUT2D eigenvalue weighted by atomic mass is 10.1. The summed E-state index contributed by atoms with van der Waals surface area (Å²) in [5.74, 6) is -0.488. The molecule has 0 saturated carbocycles. The van der Waals surface area contributed by atoms with Crippen molar-refractivity contribution in [1.29, 1.82) is 0 Å². The summed E-state index contributed by atoms with van der Waals surface area (Å²) in [5.41, 5.74) is 0.837. The second-order valence-corrected chi connectivity index (χ2v) is 2.68. The standard InChI is InChI=1S/C9H10ClF/c1-6(2)8(4)9(11)5-7(3)10/h5H,1,3-4H2,2H3/b9-5+. The van der Waals surface area contributed by atoms with Crippen LogP contribution in [0.5, 0.6) is 0 Å². The smallest absolute Gasteiger partial charge is 0.131 e. The molecule has 0 bridgehead atoms. The molecule has 0 aliphatic carbocycles. The molecule has 0 nitrogen and oxygen atoms in total. The second kappa shape index (κ2) is 4.14. The van der Waals surface area contributed by atoms with E-state index < -0.39 is 5.83 Å². The molecule has 0 aliphatic rings. The summed E-state index contributed by atoms with van der Waals surface area (Å²) in [6, 6.07) is 0. The van der Waals surface area contributed by atoms with Crippen LogP contribution in [0.3, 0.4) is 0 Å². The maximum absolute atomic E-state index is 12.9. The number of hydrogen-bond donors (Lipinski definition) is 0. The largest absolute Gasteiger partial charge is 0.206 e. The summed E-state index contributed by atoms with van der Waals surface area (Å²) < 4.78 is 12.9. The van der Waals surface area contributed by atoms with Gasteiger partial charge in [-0.2, -0.15) is 0 Å². The molecule has 0 N–H and O–H groups in total. The van der Waals surface area contributed by atoms with Crippen LogP contribution in [0.25, 0.3) is 0 Å². The fourth-order valence-electron chi connectivity index (χ4n) is 0.428. The predicted octanol–water partition coefficient (Wildman–Crippen LogP) is 3.72. The van der Waals surface area contributed by atoms with E-state index in [2.05, 4.69) is 19.7 Å². The van der Waals surface area contributed by atoms with E-state index in [0.29, 0.717) is 5.57 Å². The summed E-state index contributed by atoms with van der Waals surface area (Å²) in [6.07, 6.45) is 1.11. The highest BCUT2D eigenvalue weighted by molar-refractivity contribution is 6.30. The molecular weight excluding hydrogens is 163 g/mol. The van der Waals surface area contributed by atoms with Crippen LogP contribution >= 0.6 is 11.6 Å². The van der Waals surface area contributed by atoms with Crippen molar-refractivity contribution in [1.82, 2.24) is 0 Å². The van der Waals surface area contributed by atoms with Crippen LogP contribution in [-0.2, 0) is 0 Å². The van der Waals surface area contributed by atoms with Gasteiger partial charge in [0.25, 0.3) is 0 Å². The van der Waals surface area contributed by atoms with Crippen LogP contribution in [0.15, 0.2) is 47.8 Å². The van der Waals surface area contributed by atoms with Crippen molar-refractivity contribution in [2.45, 2.75) is 6.92 Å². The molecule has 11 heavy (non-hydrogen) atoms. The van der Waals surface area contributed by atoms with Crippen LogP contribution in [0.4, 0.5) is 4.39 Å². The Balaban J connectivity index is 4.49. The highest BCUT2D eigenvalue weighted by Crippen LogP contribution is 2.18. The van der Waals surface area contributed by atoms with E-state index in [4.69, 9.17) is 11.6 Å². The topological polar surface area (TPSA) is 0 Å². The molecule has 0 aromatic carbocycles. The Morgan fingerprint density at radius 3 is 2.09 bits per heavy atom. The Bertz CT molecular complexity index is 236. The van der Waals surface area contributed by atoms with Gasteiger partial charge in [0.1, 0.15) is 5.83 Å². The van der Waals surface area contributed by atoms with Gasteiger partial charge in [0.15, 0.2) is 0 Å². The minimum absolute atomic E-state index is 0.143. The van der Waals surface area contributed by atoms with Crippen molar-refractivity contribution in [2.75, 3.05) is 0 Å². The van der Waals surface area contributed by atoms with Gasteiger partial charge in [-0.3, -0.25) is 0 Å². The molecule has 0 radical (unpaired) electrons. The van der Waals surface area contributed by atoms with Crippen LogP contribution in [0.2, 0.25) is 0 Å². The first kappa shape index (κ1) is 10.2. The van der Waals surface area contributed by atoms with Crippen LogP contribution in [-0.4, -0.2) is 0 Å². The fourth-order valence-corrected chi connectivity index (χ4v) is 0.524. The predicted molar refractivity (Wildman–Crippen MR) is 48.1 cm³/mol. The Labute approximate surface area is 71.4 Å².